The molecule has 0 fully saturated rings. The van der Waals surface area contributed by atoms with E-state index in [-0.39, 0.29) is 5.56 Å². The van der Waals surface area contributed by atoms with Crippen LogP contribution in [0.3, 0.4) is 0 Å². The first-order chi connectivity index (χ1) is 8.09. The monoisotopic (exact) mass is 232 g/mol. The summed E-state index contributed by atoms with van der Waals surface area (Å²) in [5.41, 5.74) is 1.49. The molecule has 0 saturated heterocycles. The van der Waals surface area contributed by atoms with Gasteiger partial charge in [0.25, 0.3) is 5.56 Å². The molecule has 0 atom stereocenters. The molecule has 0 amide bonds. The quantitative estimate of drug-likeness (QED) is 0.816. The smallest absolute Gasteiger partial charge is 0.260 e. The van der Waals surface area contributed by atoms with E-state index in [2.05, 4.69) is 18.8 Å². The van der Waals surface area contributed by atoms with Crippen LogP contribution in [0.5, 0.6) is 0 Å². The number of oxazole rings is 1. The standard InChI is InChI=1S/C13H16N2O2/c1-9(2)7-11-5-4-6-15(12(11)16)13-10(3)14-8-17-13/h4-6,8-9H,7H2,1-3H3. The highest BCUT2D eigenvalue weighted by molar-refractivity contribution is 5.26. The Morgan fingerprint density at radius 2 is 2.24 bits per heavy atom. The molecule has 4 nitrogen and oxygen atoms in total. The third kappa shape index (κ3) is 2.30. The fourth-order valence-electron chi connectivity index (χ4n) is 1.82. The maximum atomic E-state index is 12.2. The zero-order chi connectivity index (χ0) is 12.4. The molecule has 90 valence electrons. The SMILES string of the molecule is Cc1ncoc1-n1cccc(CC(C)C)c1=O. The molecule has 2 heterocycles. The minimum Gasteiger partial charge on any atom is -0.427 e. The predicted molar refractivity (Wildman–Crippen MR) is 65.4 cm³/mol. The molecule has 2 aromatic heterocycles. The second kappa shape index (κ2) is 4.57. The first kappa shape index (κ1) is 11.6. The molecular formula is C13H16N2O2. The summed E-state index contributed by atoms with van der Waals surface area (Å²) in [5.74, 6) is 0.954. The third-order valence-corrected chi connectivity index (χ3v) is 2.59. The third-order valence-electron chi connectivity index (χ3n) is 2.59. The van der Waals surface area contributed by atoms with Gasteiger partial charge in [-0.3, -0.25) is 9.36 Å². The van der Waals surface area contributed by atoms with E-state index in [0.717, 1.165) is 12.0 Å². The van der Waals surface area contributed by atoms with Crippen LogP contribution < -0.4 is 5.56 Å². The van der Waals surface area contributed by atoms with Gasteiger partial charge < -0.3 is 4.42 Å². The van der Waals surface area contributed by atoms with Crippen LogP contribution in [-0.2, 0) is 6.42 Å². The molecule has 0 radical (unpaired) electrons. The van der Waals surface area contributed by atoms with E-state index in [0.29, 0.717) is 17.5 Å². The molecule has 0 aliphatic heterocycles. The number of nitrogens with zero attached hydrogens (tertiary/aromatic N) is 2. The molecule has 0 aliphatic rings. The van der Waals surface area contributed by atoms with Gasteiger partial charge in [-0.25, -0.2) is 4.98 Å². The number of hydrogen-bond donors (Lipinski definition) is 0. The molecule has 17 heavy (non-hydrogen) atoms. The Labute approximate surface area is 99.9 Å². The molecule has 0 spiro atoms. The minimum absolute atomic E-state index is 0.0268. The summed E-state index contributed by atoms with van der Waals surface area (Å²) in [6.45, 7) is 6.01. The van der Waals surface area contributed by atoms with Crippen molar-refractivity contribution in [3.63, 3.8) is 0 Å². The maximum absolute atomic E-state index is 12.2. The molecule has 0 aliphatic carbocycles. The van der Waals surface area contributed by atoms with E-state index in [9.17, 15) is 4.79 Å². The predicted octanol–water partition coefficient (Wildman–Crippen LogP) is 2.33. The van der Waals surface area contributed by atoms with Crippen LogP contribution in [-0.4, -0.2) is 9.55 Å². The van der Waals surface area contributed by atoms with E-state index in [4.69, 9.17) is 4.42 Å². The summed E-state index contributed by atoms with van der Waals surface area (Å²) < 4.78 is 6.76. The van der Waals surface area contributed by atoms with Crippen molar-refractivity contribution in [2.45, 2.75) is 27.2 Å². The Hall–Kier alpha value is -1.84. The molecule has 0 bridgehead atoms. The highest BCUT2D eigenvalue weighted by Gasteiger charge is 2.11. The highest BCUT2D eigenvalue weighted by Crippen LogP contribution is 2.10. The van der Waals surface area contributed by atoms with Gasteiger partial charge >= 0.3 is 0 Å². The van der Waals surface area contributed by atoms with Gasteiger partial charge in [0.1, 0.15) is 5.69 Å². The molecular weight excluding hydrogens is 216 g/mol. The number of rotatable bonds is 3. The van der Waals surface area contributed by atoms with Crippen LogP contribution in [0.4, 0.5) is 0 Å². The summed E-state index contributed by atoms with van der Waals surface area (Å²) >= 11 is 0. The van der Waals surface area contributed by atoms with Gasteiger partial charge in [-0.2, -0.15) is 0 Å². The van der Waals surface area contributed by atoms with Gasteiger partial charge in [-0.05, 0) is 25.3 Å². The maximum Gasteiger partial charge on any atom is 0.260 e. The zero-order valence-corrected chi connectivity index (χ0v) is 10.3. The molecule has 2 rings (SSSR count). The number of hydrogen-bond acceptors (Lipinski definition) is 3. The second-order valence-corrected chi connectivity index (χ2v) is 4.55. The van der Waals surface area contributed by atoms with Crippen LogP contribution in [0.15, 0.2) is 33.9 Å². The fourth-order valence-corrected chi connectivity index (χ4v) is 1.82. The van der Waals surface area contributed by atoms with Gasteiger partial charge in [0.05, 0.1) is 0 Å². The average Bonchev–Trinajstić information content (AvgIpc) is 2.67. The fraction of sp³-hybridized carbons (Fsp3) is 0.385. The summed E-state index contributed by atoms with van der Waals surface area (Å²) in [7, 11) is 0. The van der Waals surface area contributed by atoms with Crippen LogP contribution in [0, 0.1) is 12.8 Å². The lowest BCUT2D eigenvalue weighted by Crippen LogP contribution is -2.22. The Bertz CT molecular complexity index is 567. The molecule has 2 aromatic rings. The van der Waals surface area contributed by atoms with E-state index in [1.807, 2.05) is 19.1 Å². The van der Waals surface area contributed by atoms with Crippen molar-refractivity contribution in [3.05, 3.63) is 46.3 Å². The lowest BCUT2D eigenvalue weighted by Gasteiger charge is -2.07. The highest BCUT2D eigenvalue weighted by atomic mass is 16.4. The number of pyridine rings is 1. The number of aryl methyl sites for hydroxylation is 1. The van der Waals surface area contributed by atoms with Crippen molar-refractivity contribution < 1.29 is 4.42 Å². The zero-order valence-electron chi connectivity index (χ0n) is 10.3. The van der Waals surface area contributed by atoms with Gasteiger partial charge in [-0.15, -0.1) is 0 Å². The summed E-state index contributed by atoms with van der Waals surface area (Å²) in [6, 6.07) is 3.73. The lowest BCUT2D eigenvalue weighted by molar-refractivity contribution is 0.523. The Kier molecular flexibility index (Phi) is 3.13. The van der Waals surface area contributed by atoms with Crippen molar-refractivity contribution in [3.8, 4) is 5.88 Å². The normalized spacial score (nSPS) is 11.1. The van der Waals surface area contributed by atoms with Crippen molar-refractivity contribution in [1.82, 2.24) is 9.55 Å². The molecule has 0 N–H and O–H groups in total. The van der Waals surface area contributed by atoms with E-state index in [1.54, 1.807) is 6.20 Å². The molecule has 0 unspecified atom stereocenters. The summed E-state index contributed by atoms with van der Waals surface area (Å²) in [5, 5.41) is 0. The van der Waals surface area contributed by atoms with Crippen molar-refractivity contribution >= 4 is 0 Å². The molecule has 0 saturated carbocycles. The van der Waals surface area contributed by atoms with E-state index >= 15 is 0 Å². The first-order valence-corrected chi connectivity index (χ1v) is 5.70. The van der Waals surface area contributed by atoms with Gasteiger partial charge in [0.15, 0.2) is 6.39 Å². The Balaban J connectivity index is 2.50. The van der Waals surface area contributed by atoms with Crippen molar-refractivity contribution in [1.29, 1.82) is 0 Å². The van der Waals surface area contributed by atoms with Crippen LogP contribution in [0.1, 0.15) is 25.1 Å². The van der Waals surface area contributed by atoms with Gasteiger partial charge in [0.2, 0.25) is 5.88 Å². The second-order valence-electron chi connectivity index (χ2n) is 4.55. The van der Waals surface area contributed by atoms with Crippen molar-refractivity contribution in [2.24, 2.45) is 5.92 Å². The minimum atomic E-state index is -0.0268. The van der Waals surface area contributed by atoms with Crippen LogP contribution in [0.25, 0.3) is 5.88 Å². The van der Waals surface area contributed by atoms with Crippen molar-refractivity contribution in [2.75, 3.05) is 0 Å². The molecule has 0 aromatic carbocycles. The van der Waals surface area contributed by atoms with E-state index in [1.165, 1.54) is 11.0 Å². The molecule has 4 heteroatoms. The summed E-state index contributed by atoms with van der Waals surface area (Å²) in [4.78, 5) is 16.2. The van der Waals surface area contributed by atoms with Crippen LogP contribution >= 0.6 is 0 Å². The Morgan fingerprint density at radius 3 is 2.82 bits per heavy atom. The Morgan fingerprint density at radius 1 is 1.47 bits per heavy atom. The number of aromatic nitrogens is 2. The van der Waals surface area contributed by atoms with Gasteiger partial charge in [0, 0.05) is 11.8 Å². The first-order valence-electron chi connectivity index (χ1n) is 5.70. The van der Waals surface area contributed by atoms with E-state index < -0.39 is 0 Å². The van der Waals surface area contributed by atoms with Crippen LogP contribution in [0.2, 0.25) is 0 Å². The largest absolute Gasteiger partial charge is 0.427 e. The summed E-state index contributed by atoms with van der Waals surface area (Å²) in [6.07, 6.45) is 3.83. The average molecular weight is 232 g/mol. The topological polar surface area (TPSA) is 48.0 Å². The van der Waals surface area contributed by atoms with Gasteiger partial charge in [-0.1, -0.05) is 19.9 Å². The lowest BCUT2D eigenvalue weighted by atomic mass is 10.0.